The smallest absolute Gasteiger partial charge is 0.229 e. The van der Waals surface area contributed by atoms with Crippen LogP contribution in [0.25, 0.3) is 0 Å². The summed E-state index contributed by atoms with van der Waals surface area (Å²) in [4.78, 5) is 14.3. The third-order valence-electron chi connectivity index (χ3n) is 4.73. The Hall–Kier alpha value is -0.750. The summed E-state index contributed by atoms with van der Waals surface area (Å²) in [6.07, 6.45) is 2.68. The number of carbonyl (C=O) groups excluding carboxylic acids is 1. The van der Waals surface area contributed by atoms with Crippen molar-refractivity contribution in [2.45, 2.75) is 30.2 Å². The van der Waals surface area contributed by atoms with Crippen LogP contribution < -0.4 is 10.6 Å². The number of hydrogen-bond acceptors (Lipinski definition) is 4. The first kappa shape index (κ1) is 18.6. The van der Waals surface area contributed by atoms with Crippen molar-refractivity contribution in [3.63, 3.8) is 0 Å². The van der Waals surface area contributed by atoms with E-state index in [-0.39, 0.29) is 29.8 Å². The Morgan fingerprint density at radius 1 is 1.39 bits per heavy atom. The molecule has 1 amide bonds. The van der Waals surface area contributed by atoms with Crippen molar-refractivity contribution in [1.29, 1.82) is 0 Å². The van der Waals surface area contributed by atoms with Gasteiger partial charge in [-0.25, -0.2) is 0 Å². The summed E-state index contributed by atoms with van der Waals surface area (Å²) in [6, 6.07) is 8.54. The number of piperidine rings is 1. The molecule has 1 saturated heterocycles. The van der Waals surface area contributed by atoms with Crippen LogP contribution in [-0.4, -0.2) is 38.5 Å². The molecule has 1 aromatic rings. The molecule has 2 aliphatic rings. The molecule has 128 valence electrons. The van der Waals surface area contributed by atoms with Gasteiger partial charge in [0.2, 0.25) is 5.91 Å². The molecule has 2 aliphatic heterocycles. The maximum Gasteiger partial charge on any atom is 0.229 e. The first-order valence-electron chi connectivity index (χ1n) is 7.97. The molecule has 0 bridgehead atoms. The Morgan fingerprint density at radius 2 is 2.13 bits per heavy atom. The topological polar surface area (TPSA) is 50.4 Å². The first-order valence-corrected chi connectivity index (χ1v) is 8.96. The third-order valence-corrected chi connectivity index (χ3v) is 5.85. The van der Waals surface area contributed by atoms with Gasteiger partial charge in [-0.05, 0) is 44.0 Å². The highest BCUT2D eigenvalue weighted by Gasteiger charge is 2.40. The number of methoxy groups -OCH3 is 1. The molecule has 6 heteroatoms. The number of carbonyl (C=O) groups is 1. The maximum absolute atomic E-state index is 13.0. The molecule has 0 aromatic heterocycles. The van der Waals surface area contributed by atoms with Crippen molar-refractivity contribution in [1.82, 2.24) is 10.6 Å². The van der Waals surface area contributed by atoms with E-state index < -0.39 is 0 Å². The summed E-state index contributed by atoms with van der Waals surface area (Å²) in [7, 11) is 1.68. The van der Waals surface area contributed by atoms with E-state index in [0.29, 0.717) is 6.61 Å². The Labute approximate surface area is 148 Å². The molecule has 1 aromatic carbocycles. The lowest BCUT2D eigenvalue weighted by atomic mass is 9.78. The van der Waals surface area contributed by atoms with Crippen LogP contribution in [-0.2, 0) is 9.53 Å². The average molecular weight is 357 g/mol. The molecule has 0 saturated carbocycles. The number of hydrogen-bond donors (Lipinski definition) is 2. The monoisotopic (exact) mass is 356 g/mol. The number of rotatable bonds is 4. The van der Waals surface area contributed by atoms with E-state index in [1.807, 2.05) is 11.8 Å². The van der Waals surface area contributed by atoms with E-state index in [4.69, 9.17) is 4.74 Å². The molecule has 4 nitrogen and oxygen atoms in total. The van der Waals surface area contributed by atoms with E-state index in [1.165, 1.54) is 10.5 Å². The van der Waals surface area contributed by atoms with Gasteiger partial charge in [-0.2, -0.15) is 0 Å². The molecule has 23 heavy (non-hydrogen) atoms. The number of fused-ring (bicyclic) bond motifs is 1. The second-order valence-electron chi connectivity index (χ2n) is 6.16. The van der Waals surface area contributed by atoms with Gasteiger partial charge >= 0.3 is 0 Å². The number of benzene rings is 1. The number of halogens is 1. The number of nitrogens with one attached hydrogen (secondary N) is 2. The Kier molecular flexibility index (Phi) is 6.77. The van der Waals surface area contributed by atoms with Crippen LogP contribution in [0.1, 0.15) is 30.9 Å². The lowest BCUT2D eigenvalue weighted by molar-refractivity contribution is -0.137. The van der Waals surface area contributed by atoms with Crippen molar-refractivity contribution >= 4 is 30.1 Å². The summed E-state index contributed by atoms with van der Waals surface area (Å²) in [5.41, 5.74) is 0.883. The van der Waals surface area contributed by atoms with E-state index in [1.54, 1.807) is 7.11 Å². The summed E-state index contributed by atoms with van der Waals surface area (Å²) in [6.45, 7) is 2.27. The molecule has 3 rings (SSSR count). The lowest BCUT2D eigenvalue weighted by Crippen LogP contribution is -2.51. The minimum atomic E-state index is -0.375. The van der Waals surface area contributed by atoms with Crippen LogP contribution in [0.15, 0.2) is 29.2 Å². The molecule has 0 radical (unpaired) electrons. The van der Waals surface area contributed by atoms with Gasteiger partial charge < -0.3 is 15.4 Å². The van der Waals surface area contributed by atoms with Crippen molar-refractivity contribution in [2.75, 3.05) is 32.6 Å². The molecular formula is C17H25ClN2O2S. The highest BCUT2D eigenvalue weighted by molar-refractivity contribution is 7.99. The zero-order chi connectivity index (χ0) is 15.4. The van der Waals surface area contributed by atoms with Crippen LogP contribution in [0.3, 0.4) is 0 Å². The van der Waals surface area contributed by atoms with Gasteiger partial charge in [-0.15, -0.1) is 24.2 Å². The minimum absolute atomic E-state index is 0. The van der Waals surface area contributed by atoms with Gasteiger partial charge in [0.1, 0.15) is 0 Å². The van der Waals surface area contributed by atoms with E-state index in [0.717, 1.165) is 38.1 Å². The molecule has 1 atom stereocenters. The quantitative estimate of drug-likeness (QED) is 0.871. The van der Waals surface area contributed by atoms with E-state index in [9.17, 15) is 4.79 Å². The zero-order valence-corrected chi connectivity index (χ0v) is 15.1. The molecule has 1 fully saturated rings. The average Bonchev–Trinajstić information content (AvgIpc) is 2.56. The highest BCUT2D eigenvalue weighted by atomic mass is 35.5. The lowest BCUT2D eigenvalue weighted by Gasteiger charge is -2.37. The van der Waals surface area contributed by atoms with Gasteiger partial charge in [-0.3, -0.25) is 4.79 Å². The van der Waals surface area contributed by atoms with Gasteiger partial charge in [0.15, 0.2) is 0 Å². The highest BCUT2D eigenvalue weighted by Crippen LogP contribution is 2.37. The van der Waals surface area contributed by atoms with E-state index in [2.05, 4.69) is 34.9 Å². The zero-order valence-electron chi connectivity index (χ0n) is 13.5. The van der Waals surface area contributed by atoms with Crippen molar-refractivity contribution in [3.05, 3.63) is 29.8 Å². The molecule has 1 unspecified atom stereocenters. The van der Waals surface area contributed by atoms with Gasteiger partial charge in [-0.1, -0.05) is 18.2 Å². The summed E-state index contributed by atoms with van der Waals surface area (Å²) < 4.78 is 5.37. The molecular weight excluding hydrogens is 332 g/mol. The summed E-state index contributed by atoms with van der Waals surface area (Å²) in [5, 5.41) is 6.64. The van der Waals surface area contributed by atoms with Crippen molar-refractivity contribution < 1.29 is 9.53 Å². The van der Waals surface area contributed by atoms with Crippen molar-refractivity contribution in [2.24, 2.45) is 5.41 Å². The number of thioether (sulfide) groups is 1. The Balaban J connectivity index is 0.00000192. The number of amides is 1. The third kappa shape index (κ3) is 4.02. The largest absolute Gasteiger partial charge is 0.384 e. The van der Waals surface area contributed by atoms with Crippen molar-refractivity contribution in [3.8, 4) is 0 Å². The van der Waals surface area contributed by atoms with Crippen LogP contribution >= 0.6 is 24.2 Å². The van der Waals surface area contributed by atoms with Crippen LogP contribution in [0, 0.1) is 5.41 Å². The second kappa shape index (κ2) is 8.38. The van der Waals surface area contributed by atoms with Gasteiger partial charge in [0, 0.05) is 17.8 Å². The summed E-state index contributed by atoms with van der Waals surface area (Å²) in [5.74, 6) is 1.21. The Bertz CT molecular complexity index is 530. The SMILES string of the molecule is COCC1(C(=O)NC2CCSc3ccccc32)CCNCC1.Cl. The standard InChI is InChI=1S/C17H24N2O2S.ClH/c1-21-12-17(7-9-18-10-8-17)16(20)19-14-6-11-22-15-5-3-2-4-13(14)15;/h2-5,14,18H,6-12H2,1H3,(H,19,20);1H. The van der Waals surface area contributed by atoms with Gasteiger partial charge in [0.05, 0.1) is 18.1 Å². The molecule has 0 aliphatic carbocycles. The van der Waals surface area contributed by atoms with Crippen LogP contribution in [0.4, 0.5) is 0 Å². The molecule has 2 N–H and O–H groups in total. The van der Waals surface area contributed by atoms with E-state index >= 15 is 0 Å². The number of ether oxygens (including phenoxy) is 1. The predicted octanol–water partition coefficient (Wildman–Crippen LogP) is 2.78. The fourth-order valence-corrected chi connectivity index (χ4v) is 4.55. The Morgan fingerprint density at radius 3 is 2.87 bits per heavy atom. The first-order chi connectivity index (χ1) is 10.7. The van der Waals surface area contributed by atoms with Crippen LogP contribution in [0.2, 0.25) is 0 Å². The fraction of sp³-hybridized carbons (Fsp3) is 0.588. The normalized spacial score (nSPS) is 22.6. The predicted molar refractivity (Wildman–Crippen MR) is 96.3 cm³/mol. The second-order valence-corrected chi connectivity index (χ2v) is 7.30. The van der Waals surface area contributed by atoms with Crippen LogP contribution in [0.5, 0.6) is 0 Å². The molecule has 0 spiro atoms. The summed E-state index contributed by atoms with van der Waals surface area (Å²) >= 11 is 1.88. The molecule has 2 heterocycles. The fourth-order valence-electron chi connectivity index (χ4n) is 3.42. The minimum Gasteiger partial charge on any atom is -0.384 e. The van der Waals surface area contributed by atoms with Gasteiger partial charge in [0.25, 0.3) is 0 Å². The maximum atomic E-state index is 13.0.